The predicted molar refractivity (Wildman–Crippen MR) is 66.6 cm³/mol. The van der Waals surface area contributed by atoms with Crippen molar-refractivity contribution in [2.75, 3.05) is 6.54 Å². The Kier molecular flexibility index (Phi) is 3.56. The quantitative estimate of drug-likeness (QED) is 0.926. The van der Waals surface area contributed by atoms with Crippen LogP contribution in [0.3, 0.4) is 0 Å². The number of benzene rings is 1. The molecule has 2 unspecified atom stereocenters. The third-order valence-electron chi connectivity index (χ3n) is 3.01. The molecule has 0 radical (unpaired) electrons. The van der Waals surface area contributed by atoms with Crippen molar-refractivity contribution in [3.05, 3.63) is 28.5 Å². The third kappa shape index (κ3) is 3.05. The Morgan fingerprint density at radius 2 is 2.18 bits per heavy atom. The fraction of sp³-hybridized carbons (Fsp3) is 0.455. The van der Waals surface area contributed by atoms with Crippen molar-refractivity contribution < 1.29 is 12.8 Å². The Balaban J connectivity index is 2.10. The monoisotopic (exact) mass is 321 g/mol. The second-order valence-corrected chi connectivity index (χ2v) is 7.02. The summed E-state index contributed by atoms with van der Waals surface area (Å²) < 4.78 is 39.7. The molecule has 0 aromatic heterocycles. The number of nitrogens with one attached hydrogen (secondary N) is 1. The van der Waals surface area contributed by atoms with Crippen LogP contribution in [0.5, 0.6) is 0 Å². The van der Waals surface area contributed by atoms with Gasteiger partial charge in [-0.2, -0.15) is 0 Å². The molecule has 1 aromatic carbocycles. The summed E-state index contributed by atoms with van der Waals surface area (Å²) in [5.41, 5.74) is 0. The molecule has 1 aromatic rings. The lowest BCUT2D eigenvalue weighted by Crippen LogP contribution is -2.26. The lowest BCUT2D eigenvalue weighted by molar-refractivity contribution is 0.570. The Morgan fingerprint density at radius 3 is 2.71 bits per heavy atom. The van der Waals surface area contributed by atoms with Crippen molar-refractivity contribution in [1.82, 2.24) is 4.72 Å². The summed E-state index contributed by atoms with van der Waals surface area (Å²) in [6, 6.07) is 3.79. The second kappa shape index (κ2) is 4.66. The average molecular weight is 322 g/mol. The maximum Gasteiger partial charge on any atom is 0.240 e. The zero-order valence-electron chi connectivity index (χ0n) is 9.28. The Bertz CT molecular complexity index is 532. The summed E-state index contributed by atoms with van der Waals surface area (Å²) in [5, 5.41) is 0. The normalized spacial score (nSPS) is 23.7. The van der Waals surface area contributed by atoms with E-state index < -0.39 is 15.8 Å². The van der Waals surface area contributed by atoms with Crippen molar-refractivity contribution in [2.45, 2.75) is 18.2 Å². The first-order valence-corrected chi connectivity index (χ1v) is 7.62. The van der Waals surface area contributed by atoms with Crippen LogP contribution in [0.4, 0.5) is 4.39 Å². The molecule has 0 heterocycles. The van der Waals surface area contributed by atoms with Crippen molar-refractivity contribution >= 4 is 26.0 Å². The van der Waals surface area contributed by atoms with E-state index in [1.54, 1.807) is 0 Å². The van der Waals surface area contributed by atoms with Gasteiger partial charge in [-0.1, -0.05) is 6.92 Å². The van der Waals surface area contributed by atoms with Gasteiger partial charge in [0.2, 0.25) is 10.0 Å². The van der Waals surface area contributed by atoms with Crippen LogP contribution in [-0.4, -0.2) is 15.0 Å². The number of hydrogen-bond acceptors (Lipinski definition) is 2. The molecule has 0 spiro atoms. The summed E-state index contributed by atoms with van der Waals surface area (Å²) >= 11 is 2.99. The molecule has 1 fully saturated rings. The molecule has 1 N–H and O–H groups in total. The average Bonchev–Trinajstić information content (AvgIpc) is 2.96. The molecule has 1 aliphatic carbocycles. The molecule has 94 valence electrons. The summed E-state index contributed by atoms with van der Waals surface area (Å²) in [5.74, 6) is 0.428. The molecule has 3 nitrogen and oxygen atoms in total. The van der Waals surface area contributed by atoms with Crippen LogP contribution in [0.15, 0.2) is 27.6 Å². The smallest absolute Gasteiger partial charge is 0.211 e. The van der Waals surface area contributed by atoms with E-state index in [0.29, 0.717) is 18.4 Å². The highest BCUT2D eigenvalue weighted by molar-refractivity contribution is 9.10. The van der Waals surface area contributed by atoms with Crippen LogP contribution in [0.1, 0.15) is 13.3 Å². The van der Waals surface area contributed by atoms with Gasteiger partial charge in [-0.05, 0) is 52.4 Å². The molecule has 2 rings (SSSR count). The van der Waals surface area contributed by atoms with Crippen LogP contribution < -0.4 is 4.72 Å². The Hall–Kier alpha value is -0.460. The minimum atomic E-state index is -3.59. The fourth-order valence-electron chi connectivity index (χ4n) is 1.63. The highest BCUT2D eigenvalue weighted by Crippen LogP contribution is 2.37. The van der Waals surface area contributed by atoms with E-state index in [-0.39, 0.29) is 9.37 Å². The molecule has 2 atom stereocenters. The van der Waals surface area contributed by atoms with Gasteiger partial charge in [-0.25, -0.2) is 17.5 Å². The van der Waals surface area contributed by atoms with E-state index in [4.69, 9.17) is 0 Å². The van der Waals surface area contributed by atoms with E-state index in [1.807, 2.05) is 0 Å². The van der Waals surface area contributed by atoms with Crippen molar-refractivity contribution in [1.29, 1.82) is 0 Å². The van der Waals surface area contributed by atoms with Gasteiger partial charge in [0, 0.05) is 6.54 Å². The summed E-state index contributed by atoms with van der Waals surface area (Å²) in [7, 11) is -3.59. The minimum Gasteiger partial charge on any atom is -0.211 e. The van der Waals surface area contributed by atoms with Gasteiger partial charge in [0.1, 0.15) is 5.82 Å². The number of halogens is 2. The molecular weight excluding hydrogens is 309 g/mol. The lowest BCUT2D eigenvalue weighted by atomic mass is 10.3. The standard InChI is InChI=1S/C11H13BrFNO2S/c1-7-4-8(7)6-14-17(15,16)9-2-3-10(12)11(13)5-9/h2-3,5,7-8,14H,4,6H2,1H3. The zero-order chi connectivity index (χ0) is 12.6. The van der Waals surface area contributed by atoms with E-state index in [0.717, 1.165) is 12.5 Å². The molecule has 17 heavy (non-hydrogen) atoms. The molecular formula is C11H13BrFNO2S. The van der Waals surface area contributed by atoms with Gasteiger partial charge >= 0.3 is 0 Å². The van der Waals surface area contributed by atoms with Crippen LogP contribution >= 0.6 is 15.9 Å². The van der Waals surface area contributed by atoms with Crippen molar-refractivity contribution in [3.63, 3.8) is 0 Å². The van der Waals surface area contributed by atoms with E-state index in [9.17, 15) is 12.8 Å². The largest absolute Gasteiger partial charge is 0.240 e. The first-order chi connectivity index (χ1) is 7.90. The maximum absolute atomic E-state index is 13.2. The number of rotatable bonds is 4. The van der Waals surface area contributed by atoms with Crippen molar-refractivity contribution in [3.8, 4) is 0 Å². The highest BCUT2D eigenvalue weighted by atomic mass is 79.9. The van der Waals surface area contributed by atoms with Crippen LogP contribution in [-0.2, 0) is 10.0 Å². The highest BCUT2D eigenvalue weighted by Gasteiger charge is 2.33. The molecule has 6 heteroatoms. The van der Waals surface area contributed by atoms with E-state index >= 15 is 0 Å². The summed E-state index contributed by atoms with van der Waals surface area (Å²) in [6.07, 6.45) is 1.05. The Morgan fingerprint density at radius 1 is 1.53 bits per heavy atom. The van der Waals surface area contributed by atoms with Gasteiger partial charge in [-0.3, -0.25) is 0 Å². The van der Waals surface area contributed by atoms with Crippen LogP contribution in [0.25, 0.3) is 0 Å². The topological polar surface area (TPSA) is 46.2 Å². The van der Waals surface area contributed by atoms with Crippen LogP contribution in [0, 0.1) is 17.7 Å². The van der Waals surface area contributed by atoms with Gasteiger partial charge in [0.25, 0.3) is 0 Å². The molecule has 0 saturated heterocycles. The van der Waals surface area contributed by atoms with Gasteiger partial charge < -0.3 is 0 Å². The molecule has 0 aliphatic heterocycles. The minimum absolute atomic E-state index is 0.0356. The van der Waals surface area contributed by atoms with Gasteiger partial charge in [0.05, 0.1) is 9.37 Å². The number of hydrogen-bond donors (Lipinski definition) is 1. The second-order valence-electron chi connectivity index (χ2n) is 4.40. The van der Waals surface area contributed by atoms with Gasteiger partial charge in [0.15, 0.2) is 0 Å². The summed E-state index contributed by atoms with van der Waals surface area (Å²) in [6.45, 7) is 2.51. The van der Waals surface area contributed by atoms with Crippen molar-refractivity contribution in [2.24, 2.45) is 11.8 Å². The van der Waals surface area contributed by atoms with E-state index in [1.165, 1.54) is 12.1 Å². The SMILES string of the molecule is CC1CC1CNS(=O)(=O)c1ccc(Br)c(F)c1. The zero-order valence-corrected chi connectivity index (χ0v) is 11.7. The first-order valence-electron chi connectivity index (χ1n) is 5.35. The van der Waals surface area contributed by atoms with E-state index in [2.05, 4.69) is 27.6 Å². The van der Waals surface area contributed by atoms with Gasteiger partial charge in [-0.15, -0.1) is 0 Å². The molecule has 0 amide bonds. The number of sulfonamides is 1. The first kappa shape index (κ1) is 13.0. The molecule has 1 saturated carbocycles. The maximum atomic E-state index is 13.2. The molecule has 1 aliphatic rings. The Labute approximate surface area is 109 Å². The lowest BCUT2D eigenvalue weighted by Gasteiger charge is -2.06. The third-order valence-corrected chi connectivity index (χ3v) is 5.08. The predicted octanol–water partition coefficient (Wildman–Crippen LogP) is 2.52. The molecule has 0 bridgehead atoms. The summed E-state index contributed by atoms with van der Waals surface area (Å²) in [4.78, 5) is -0.0356. The van der Waals surface area contributed by atoms with Crippen LogP contribution in [0.2, 0.25) is 0 Å². The fourth-order valence-corrected chi connectivity index (χ4v) is 2.98.